The molecular formula is C19H25ClN2O2. The molecule has 130 valence electrons. The van der Waals surface area contributed by atoms with Crippen LogP contribution in [0.1, 0.15) is 30.1 Å². The highest BCUT2D eigenvalue weighted by atomic mass is 35.5. The van der Waals surface area contributed by atoms with Crippen molar-refractivity contribution in [1.82, 2.24) is 4.90 Å². The molecule has 0 bridgehead atoms. The van der Waals surface area contributed by atoms with Gasteiger partial charge in [0.15, 0.2) is 0 Å². The van der Waals surface area contributed by atoms with Crippen molar-refractivity contribution < 1.29 is 9.53 Å². The maximum atomic E-state index is 13.0. The maximum Gasteiger partial charge on any atom is 0.254 e. The van der Waals surface area contributed by atoms with Crippen molar-refractivity contribution in [3.8, 4) is 5.75 Å². The Morgan fingerprint density at radius 3 is 2.62 bits per heavy atom. The first-order valence-electron chi connectivity index (χ1n) is 8.22. The normalized spacial score (nSPS) is 18.8. The number of benzene rings is 2. The van der Waals surface area contributed by atoms with Gasteiger partial charge in [0.2, 0.25) is 0 Å². The number of likely N-dealkylation sites (tertiary alicyclic amines) is 1. The number of nitrogens with zero attached hydrogens (tertiary/aromatic N) is 1. The highest BCUT2D eigenvalue weighted by Crippen LogP contribution is 2.30. The van der Waals surface area contributed by atoms with Gasteiger partial charge in [-0.05, 0) is 43.2 Å². The lowest BCUT2D eigenvalue weighted by Gasteiger charge is -2.35. The van der Waals surface area contributed by atoms with Crippen LogP contribution in [-0.2, 0) is 0 Å². The average Bonchev–Trinajstić information content (AvgIpc) is 2.60. The number of rotatable bonds is 3. The summed E-state index contributed by atoms with van der Waals surface area (Å²) >= 11 is 0. The van der Waals surface area contributed by atoms with Crippen LogP contribution < -0.4 is 10.5 Å². The molecule has 0 aliphatic carbocycles. The van der Waals surface area contributed by atoms with Gasteiger partial charge in [-0.1, -0.05) is 24.3 Å². The number of nitrogens with two attached hydrogens (primary N) is 1. The molecular weight excluding hydrogens is 324 g/mol. The van der Waals surface area contributed by atoms with Crippen molar-refractivity contribution in [3.05, 3.63) is 42.0 Å². The molecule has 1 saturated heterocycles. The number of ether oxygens (including phenoxy) is 1. The summed E-state index contributed by atoms with van der Waals surface area (Å²) in [6, 6.07) is 11.8. The van der Waals surface area contributed by atoms with Gasteiger partial charge < -0.3 is 15.4 Å². The zero-order valence-corrected chi connectivity index (χ0v) is 15.0. The summed E-state index contributed by atoms with van der Waals surface area (Å²) in [4.78, 5) is 15.0. The lowest BCUT2D eigenvalue weighted by atomic mass is 9.91. The SMILES string of the molecule is COc1ccc(C(=O)N2CCCC(C(C)N)C2)c2ccccc12.Cl. The van der Waals surface area contributed by atoms with E-state index in [1.165, 1.54) is 0 Å². The molecule has 2 unspecified atom stereocenters. The minimum absolute atomic E-state index is 0. The Bertz CT molecular complexity index is 718. The summed E-state index contributed by atoms with van der Waals surface area (Å²) < 4.78 is 5.41. The average molecular weight is 349 g/mol. The second kappa shape index (κ2) is 7.86. The highest BCUT2D eigenvalue weighted by Gasteiger charge is 2.27. The van der Waals surface area contributed by atoms with E-state index in [4.69, 9.17) is 10.5 Å². The van der Waals surface area contributed by atoms with Crippen LogP contribution in [0.25, 0.3) is 10.8 Å². The Hall–Kier alpha value is -1.78. The molecule has 0 spiro atoms. The van der Waals surface area contributed by atoms with Crippen molar-refractivity contribution in [2.45, 2.75) is 25.8 Å². The van der Waals surface area contributed by atoms with E-state index in [2.05, 4.69) is 0 Å². The van der Waals surface area contributed by atoms with Crippen LogP contribution in [0.2, 0.25) is 0 Å². The lowest BCUT2D eigenvalue weighted by molar-refractivity contribution is 0.0663. The number of carbonyl (C=O) groups excluding carboxylic acids is 1. The standard InChI is InChI=1S/C19H24N2O2.ClH/c1-13(20)14-6-5-11-21(12-14)19(22)17-9-10-18(23-2)16-8-4-3-7-15(16)17;/h3-4,7-10,13-14H,5-6,11-12,20H2,1-2H3;1H. The maximum absolute atomic E-state index is 13.0. The third kappa shape index (κ3) is 3.50. The van der Waals surface area contributed by atoms with Crippen LogP contribution >= 0.6 is 12.4 Å². The minimum atomic E-state index is 0. The molecule has 1 aliphatic rings. The molecule has 2 aromatic carbocycles. The third-order valence-corrected chi connectivity index (χ3v) is 4.82. The predicted molar refractivity (Wildman–Crippen MR) is 100 cm³/mol. The van der Waals surface area contributed by atoms with E-state index >= 15 is 0 Å². The first kappa shape index (κ1) is 18.6. The summed E-state index contributed by atoms with van der Waals surface area (Å²) in [5, 5.41) is 1.92. The van der Waals surface area contributed by atoms with E-state index < -0.39 is 0 Å². The molecule has 5 heteroatoms. The fourth-order valence-corrected chi connectivity index (χ4v) is 3.43. The van der Waals surface area contributed by atoms with Gasteiger partial charge in [0.1, 0.15) is 5.75 Å². The van der Waals surface area contributed by atoms with Gasteiger partial charge in [-0.25, -0.2) is 0 Å². The Kier molecular flexibility index (Phi) is 6.08. The molecule has 4 nitrogen and oxygen atoms in total. The quantitative estimate of drug-likeness (QED) is 0.924. The Morgan fingerprint density at radius 2 is 1.96 bits per heavy atom. The van der Waals surface area contributed by atoms with Crippen molar-refractivity contribution >= 4 is 29.1 Å². The van der Waals surface area contributed by atoms with Crippen LogP contribution in [-0.4, -0.2) is 37.0 Å². The zero-order valence-electron chi connectivity index (χ0n) is 14.2. The van der Waals surface area contributed by atoms with Gasteiger partial charge in [0.25, 0.3) is 5.91 Å². The Morgan fingerprint density at radius 1 is 1.25 bits per heavy atom. The Labute approximate surface area is 149 Å². The molecule has 1 amide bonds. The van der Waals surface area contributed by atoms with Gasteiger partial charge in [0.05, 0.1) is 7.11 Å². The van der Waals surface area contributed by atoms with Gasteiger partial charge in [-0.3, -0.25) is 4.79 Å². The number of carbonyl (C=O) groups is 1. The topological polar surface area (TPSA) is 55.6 Å². The fourth-order valence-electron chi connectivity index (χ4n) is 3.43. The zero-order chi connectivity index (χ0) is 16.4. The summed E-state index contributed by atoms with van der Waals surface area (Å²) in [7, 11) is 1.65. The Balaban J connectivity index is 0.00000208. The molecule has 0 radical (unpaired) electrons. The van der Waals surface area contributed by atoms with Gasteiger partial charge >= 0.3 is 0 Å². The van der Waals surface area contributed by atoms with Crippen molar-refractivity contribution in [2.75, 3.05) is 20.2 Å². The molecule has 2 aromatic rings. The number of amides is 1. The minimum Gasteiger partial charge on any atom is -0.496 e. The first-order chi connectivity index (χ1) is 11.1. The number of methoxy groups -OCH3 is 1. The van der Waals surface area contributed by atoms with Crippen LogP contribution in [0.3, 0.4) is 0 Å². The van der Waals surface area contributed by atoms with E-state index in [0.717, 1.165) is 48.0 Å². The van der Waals surface area contributed by atoms with Crippen LogP contribution in [0.4, 0.5) is 0 Å². The number of hydrogen-bond donors (Lipinski definition) is 1. The lowest BCUT2D eigenvalue weighted by Crippen LogP contribution is -2.45. The molecule has 2 atom stereocenters. The fraction of sp³-hybridized carbons (Fsp3) is 0.421. The number of halogens is 1. The van der Waals surface area contributed by atoms with Gasteiger partial charge in [-0.15, -0.1) is 12.4 Å². The van der Waals surface area contributed by atoms with E-state index in [1.54, 1.807) is 7.11 Å². The second-order valence-corrected chi connectivity index (χ2v) is 6.37. The number of piperidine rings is 1. The van der Waals surface area contributed by atoms with Crippen LogP contribution in [0.5, 0.6) is 5.75 Å². The molecule has 1 aliphatic heterocycles. The molecule has 1 heterocycles. The summed E-state index contributed by atoms with van der Waals surface area (Å²) in [5.74, 6) is 1.27. The van der Waals surface area contributed by atoms with Crippen molar-refractivity contribution in [1.29, 1.82) is 0 Å². The second-order valence-electron chi connectivity index (χ2n) is 6.37. The summed E-state index contributed by atoms with van der Waals surface area (Å²) in [6.45, 7) is 3.58. The molecule has 2 N–H and O–H groups in total. The van der Waals surface area contributed by atoms with Crippen molar-refractivity contribution in [2.24, 2.45) is 11.7 Å². The molecule has 0 aromatic heterocycles. The number of fused-ring (bicyclic) bond motifs is 1. The first-order valence-corrected chi connectivity index (χ1v) is 8.22. The van der Waals surface area contributed by atoms with E-state index in [9.17, 15) is 4.79 Å². The molecule has 3 rings (SSSR count). The molecule has 24 heavy (non-hydrogen) atoms. The van der Waals surface area contributed by atoms with Crippen LogP contribution in [0.15, 0.2) is 36.4 Å². The van der Waals surface area contributed by atoms with Gasteiger partial charge in [0, 0.05) is 30.1 Å². The van der Waals surface area contributed by atoms with Gasteiger partial charge in [-0.2, -0.15) is 0 Å². The molecule has 0 saturated carbocycles. The van der Waals surface area contributed by atoms with E-state index in [1.807, 2.05) is 48.2 Å². The molecule has 1 fully saturated rings. The summed E-state index contributed by atoms with van der Waals surface area (Å²) in [5.41, 5.74) is 6.78. The monoisotopic (exact) mass is 348 g/mol. The highest BCUT2D eigenvalue weighted by molar-refractivity contribution is 6.08. The van der Waals surface area contributed by atoms with E-state index in [0.29, 0.717) is 5.92 Å². The number of hydrogen-bond acceptors (Lipinski definition) is 3. The largest absolute Gasteiger partial charge is 0.496 e. The summed E-state index contributed by atoms with van der Waals surface area (Å²) in [6.07, 6.45) is 2.12. The van der Waals surface area contributed by atoms with Crippen molar-refractivity contribution in [3.63, 3.8) is 0 Å². The predicted octanol–water partition coefficient (Wildman–Crippen LogP) is 3.47. The van der Waals surface area contributed by atoms with E-state index in [-0.39, 0.29) is 24.4 Å². The smallest absolute Gasteiger partial charge is 0.254 e. The van der Waals surface area contributed by atoms with Crippen LogP contribution in [0, 0.1) is 5.92 Å². The third-order valence-electron chi connectivity index (χ3n) is 4.82.